The van der Waals surface area contributed by atoms with Gasteiger partial charge in [0, 0.05) is 5.39 Å². The summed E-state index contributed by atoms with van der Waals surface area (Å²) in [6.07, 6.45) is 4.55. The van der Waals surface area contributed by atoms with Crippen LogP contribution in [0.1, 0.15) is 32.1 Å². The Morgan fingerprint density at radius 1 is 1.00 bits per heavy atom. The maximum atomic E-state index is 12.6. The van der Waals surface area contributed by atoms with Crippen LogP contribution in [0.4, 0.5) is 0 Å². The monoisotopic (exact) mass is 324 g/mol. The largest absolute Gasteiger partial charge is 0.299 e. The van der Waals surface area contributed by atoms with Gasteiger partial charge in [-0.3, -0.25) is 4.18 Å². The molecule has 0 saturated heterocycles. The fourth-order valence-corrected chi connectivity index (χ4v) is 4.72. The van der Waals surface area contributed by atoms with E-state index in [-0.39, 0.29) is 16.0 Å². The summed E-state index contributed by atoms with van der Waals surface area (Å²) in [6, 6.07) is 10.7. The van der Waals surface area contributed by atoms with E-state index >= 15 is 0 Å². The van der Waals surface area contributed by atoms with Crippen molar-refractivity contribution in [1.82, 2.24) is 0 Å². The Kier molecular flexibility index (Phi) is 4.20. The molecule has 0 aromatic heterocycles. The van der Waals surface area contributed by atoms with Crippen molar-refractivity contribution in [2.45, 2.75) is 43.1 Å². The second kappa shape index (κ2) is 5.95. The molecule has 2 aromatic carbocycles. The van der Waals surface area contributed by atoms with Gasteiger partial charge in [0.15, 0.2) is 0 Å². The summed E-state index contributed by atoms with van der Waals surface area (Å²) in [7, 11) is -3.85. The van der Waals surface area contributed by atoms with Gasteiger partial charge in [-0.2, -0.15) is 8.42 Å². The molecular weight excluding hydrogens is 308 g/mol. The minimum atomic E-state index is -3.85. The molecule has 0 N–H and O–H groups in total. The minimum Gasteiger partial charge on any atom is -0.263 e. The molecule has 3 rings (SSSR count). The van der Waals surface area contributed by atoms with Crippen LogP contribution in [0, 0.1) is 0 Å². The molecule has 0 unspecified atom stereocenters. The van der Waals surface area contributed by atoms with E-state index in [1.54, 1.807) is 18.2 Å². The molecule has 0 atom stereocenters. The van der Waals surface area contributed by atoms with E-state index in [1.165, 1.54) is 0 Å². The summed E-state index contributed by atoms with van der Waals surface area (Å²) in [5, 5.41) is 1.66. The Bertz CT molecular complexity index is 749. The van der Waals surface area contributed by atoms with E-state index < -0.39 is 10.1 Å². The van der Waals surface area contributed by atoms with E-state index in [9.17, 15) is 8.42 Å². The standard InChI is InChI=1S/C16H17ClO3S/c17-15-11-10-12-6-4-5-9-14(12)16(15)21(18,19)20-13-7-2-1-3-8-13/h4-6,9-11,13H,1-3,7-8H2. The van der Waals surface area contributed by atoms with Gasteiger partial charge in [0.05, 0.1) is 11.1 Å². The molecule has 1 fully saturated rings. The van der Waals surface area contributed by atoms with Crippen molar-refractivity contribution in [3.63, 3.8) is 0 Å². The zero-order chi connectivity index (χ0) is 14.9. The van der Waals surface area contributed by atoms with Crippen molar-refractivity contribution < 1.29 is 12.6 Å². The summed E-state index contributed by atoms with van der Waals surface area (Å²) >= 11 is 6.15. The van der Waals surface area contributed by atoms with Crippen molar-refractivity contribution >= 4 is 32.5 Å². The number of hydrogen-bond acceptors (Lipinski definition) is 3. The molecule has 0 radical (unpaired) electrons. The molecule has 112 valence electrons. The Balaban J connectivity index is 2.03. The third kappa shape index (κ3) is 3.07. The predicted octanol–water partition coefficient (Wildman–Crippen LogP) is 4.53. The van der Waals surface area contributed by atoms with E-state index in [4.69, 9.17) is 15.8 Å². The first-order valence-corrected chi connectivity index (χ1v) is 8.97. The third-order valence-corrected chi connectivity index (χ3v) is 5.79. The number of fused-ring (bicyclic) bond motifs is 1. The highest BCUT2D eigenvalue weighted by atomic mass is 35.5. The van der Waals surface area contributed by atoms with Crippen molar-refractivity contribution in [3.8, 4) is 0 Å². The summed E-state index contributed by atoms with van der Waals surface area (Å²) < 4.78 is 30.7. The van der Waals surface area contributed by atoms with Crippen LogP contribution in [0.15, 0.2) is 41.3 Å². The lowest BCUT2D eigenvalue weighted by Crippen LogP contribution is -2.21. The van der Waals surface area contributed by atoms with Gasteiger partial charge in [-0.1, -0.05) is 61.2 Å². The number of halogens is 1. The first-order valence-electron chi connectivity index (χ1n) is 7.18. The van der Waals surface area contributed by atoms with Crippen LogP contribution in [0.2, 0.25) is 5.02 Å². The lowest BCUT2D eigenvalue weighted by Gasteiger charge is -2.22. The van der Waals surface area contributed by atoms with Crippen LogP contribution in [0.3, 0.4) is 0 Å². The average molecular weight is 325 g/mol. The van der Waals surface area contributed by atoms with Crippen LogP contribution in [-0.4, -0.2) is 14.5 Å². The Morgan fingerprint density at radius 3 is 2.48 bits per heavy atom. The fraction of sp³-hybridized carbons (Fsp3) is 0.375. The topological polar surface area (TPSA) is 43.4 Å². The smallest absolute Gasteiger partial charge is 0.263 e. The zero-order valence-electron chi connectivity index (χ0n) is 11.6. The molecule has 1 saturated carbocycles. The fourth-order valence-electron chi connectivity index (χ4n) is 2.86. The molecule has 0 spiro atoms. The number of rotatable bonds is 3. The lowest BCUT2D eigenvalue weighted by atomic mass is 9.98. The van der Waals surface area contributed by atoms with Crippen molar-refractivity contribution in [2.75, 3.05) is 0 Å². The minimum absolute atomic E-state index is 0.0906. The van der Waals surface area contributed by atoms with Gasteiger partial charge in [-0.15, -0.1) is 0 Å². The van der Waals surface area contributed by atoms with E-state index in [0.717, 1.165) is 37.5 Å². The molecular formula is C16H17ClO3S. The second-order valence-corrected chi connectivity index (χ2v) is 7.32. The Labute approximate surface area is 130 Å². The lowest BCUT2D eigenvalue weighted by molar-refractivity contribution is 0.162. The van der Waals surface area contributed by atoms with Crippen LogP contribution in [-0.2, 0) is 14.3 Å². The Hall–Kier alpha value is -1.10. The summed E-state index contributed by atoms with van der Waals surface area (Å²) in [4.78, 5) is 0.0906. The number of benzene rings is 2. The van der Waals surface area contributed by atoms with Crippen LogP contribution >= 0.6 is 11.6 Å². The molecule has 1 aliphatic rings. The molecule has 0 aliphatic heterocycles. The number of hydrogen-bond donors (Lipinski definition) is 0. The highest BCUT2D eigenvalue weighted by Gasteiger charge is 2.27. The van der Waals surface area contributed by atoms with Gasteiger partial charge in [-0.25, -0.2) is 0 Å². The molecule has 1 aliphatic carbocycles. The van der Waals surface area contributed by atoms with Crippen LogP contribution < -0.4 is 0 Å². The molecule has 0 bridgehead atoms. The van der Waals surface area contributed by atoms with Crippen LogP contribution in [0.25, 0.3) is 10.8 Å². The third-order valence-electron chi connectivity index (χ3n) is 3.90. The van der Waals surface area contributed by atoms with Crippen molar-refractivity contribution in [2.24, 2.45) is 0 Å². The first kappa shape index (κ1) is 14.8. The van der Waals surface area contributed by atoms with Crippen molar-refractivity contribution in [1.29, 1.82) is 0 Å². The highest BCUT2D eigenvalue weighted by Crippen LogP contribution is 2.33. The van der Waals surface area contributed by atoms with Gasteiger partial charge in [0.1, 0.15) is 4.90 Å². The van der Waals surface area contributed by atoms with Crippen molar-refractivity contribution in [3.05, 3.63) is 41.4 Å². The molecule has 21 heavy (non-hydrogen) atoms. The normalized spacial score (nSPS) is 17.2. The van der Waals surface area contributed by atoms with E-state index in [0.29, 0.717) is 5.39 Å². The van der Waals surface area contributed by atoms with E-state index in [2.05, 4.69) is 0 Å². The summed E-state index contributed by atoms with van der Waals surface area (Å²) in [5.41, 5.74) is 0. The maximum absolute atomic E-state index is 12.6. The van der Waals surface area contributed by atoms with Gasteiger partial charge in [-0.05, 0) is 24.3 Å². The summed E-state index contributed by atoms with van der Waals surface area (Å²) in [5.74, 6) is 0. The van der Waals surface area contributed by atoms with Gasteiger partial charge < -0.3 is 0 Å². The van der Waals surface area contributed by atoms with Gasteiger partial charge >= 0.3 is 0 Å². The zero-order valence-corrected chi connectivity index (χ0v) is 13.2. The van der Waals surface area contributed by atoms with Crippen LogP contribution in [0.5, 0.6) is 0 Å². The molecule has 2 aromatic rings. The highest BCUT2D eigenvalue weighted by molar-refractivity contribution is 7.87. The molecule has 5 heteroatoms. The van der Waals surface area contributed by atoms with E-state index in [1.807, 2.05) is 18.2 Å². The molecule has 3 nitrogen and oxygen atoms in total. The molecule has 0 amide bonds. The Morgan fingerprint density at radius 2 is 1.71 bits per heavy atom. The van der Waals surface area contributed by atoms with Gasteiger partial charge in [0.2, 0.25) is 0 Å². The maximum Gasteiger partial charge on any atom is 0.299 e. The SMILES string of the molecule is O=S(=O)(OC1CCCCC1)c1c(Cl)ccc2ccccc12. The first-order chi connectivity index (χ1) is 10.1. The second-order valence-electron chi connectivity index (χ2n) is 5.41. The average Bonchev–Trinajstić information content (AvgIpc) is 2.47. The summed E-state index contributed by atoms with van der Waals surface area (Å²) in [6.45, 7) is 0. The predicted molar refractivity (Wildman–Crippen MR) is 84.1 cm³/mol. The van der Waals surface area contributed by atoms with Gasteiger partial charge in [0.25, 0.3) is 10.1 Å². The quantitative estimate of drug-likeness (QED) is 0.779. The molecule has 0 heterocycles.